The van der Waals surface area contributed by atoms with Crippen molar-refractivity contribution >= 4 is 11.8 Å². The molecule has 0 fully saturated rings. The number of carbonyl (C=O) groups is 2. The monoisotopic (exact) mass is 342 g/mol. The summed E-state index contributed by atoms with van der Waals surface area (Å²) in [7, 11) is 0. The normalized spacial score (nSPS) is 10.4. The van der Waals surface area contributed by atoms with Gasteiger partial charge in [0, 0.05) is 13.1 Å². The summed E-state index contributed by atoms with van der Waals surface area (Å²) >= 11 is 0. The summed E-state index contributed by atoms with van der Waals surface area (Å²) in [6, 6.07) is 12.3. The van der Waals surface area contributed by atoms with E-state index >= 15 is 0 Å². The molecule has 2 heterocycles. The number of halogens is 1. The van der Waals surface area contributed by atoms with E-state index in [2.05, 4.69) is 10.6 Å². The SMILES string of the molecule is O=C(NCCNC(=O)c1ccc(-c2ccccc2F)o1)c1ccco1. The zero-order valence-corrected chi connectivity index (χ0v) is 13.1. The summed E-state index contributed by atoms with van der Waals surface area (Å²) in [4.78, 5) is 23.7. The predicted molar refractivity (Wildman–Crippen MR) is 87.5 cm³/mol. The molecule has 0 bridgehead atoms. The van der Waals surface area contributed by atoms with Crippen LogP contribution in [0.2, 0.25) is 0 Å². The molecule has 0 aliphatic rings. The van der Waals surface area contributed by atoms with Gasteiger partial charge in [-0.3, -0.25) is 9.59 Å². The van der Waals surface area contributed by atoms with E-state index in [-0.39, 0.29) is 41.8 Å². The van der Waals surface area contributed by atoms with Crippen LogP contribution >= 0.6 is 0 Å². The molecule has 0 unspecified atom stereocenters. The van der Waals surface area contributed by atoms with Gasteiger partial charge in [-0.05, 0) is 36.4 Å². The second-order valence-corrected chi connectivity index (χ2v) is 5.13. The molecule has 1 aromatic carbocycles. The quantitative estimate of drug-likeness (QED) is 0.675. The van der Waals surface area contributed by atoms with Crippen molar-refractivity contribution in [1.29, 1.82) is 0 Å². The van der Waals surface area contributed by atoms with Crippen molar-refractivity contribution < 1.29 is 22.8 Å². The molecule has 3 aromatic rings. The highest BCUT2D eigenvalue weighted by molar-refractivity contribution is 5.92. The number of hydrogen-bond acceptors (Lipinski definition) is 4. The van der Waals surface area contributed by atoms with Gasteiger partial charge in [0.2, 0.25) is 0 Å². The third-order valence-electron chi connectivity index (χ3n) is 3.41. The van der Waals surface area contributed by atoms with Crippen LogP contribution in [-0.4, -0.2) is 24.9 Å². The first-order chi connectivity index (χ1) is 12.1. The van der Waals surface area contributed by atoms with Gasteiger partial charge in [-0.2, -0.15) is 0 Å². The Morgan fingerprint density at radius 3 is 2.28 bits per heavy atom. The lowest BCUT2D eigenvalue weighted by molar-refractivity contribution is 0.0901. The van der Waals surface area contributed by atoms with Crippen molar-refractivity contribution in [2.24, 2.45) is 0 Å². The average molecular weight is 342 g/mol. The van der Waals surface area contributed by atoms with Crippen LogP contribution in [0.5, 0.6) is 0 Å². The van der Waals surface area contributed by atoms with Gasteiger partial charge in [0.25, 0.3) is 11.8 Å². The molecule has 0 saturated carbocycles. The fraction of sp³-hybridized carbons (Fsp3) is 0.111. The smallest absolute Gasteiger partial charge is 0.287 e. The summed E-state index contributed by atoms with van der Waals surface area (Å²) in [5.41, 5.74) is 0.285. The van der Waals surface area contributed by atoms with Crippen LogP contribution in [-0.2, 0) is 0 Å². The Kier molecular flexibility index (Phi) is 4.94. The highest BCUT2D eigenvalue weighted by atomic mass is 19.1. The molecule has 128 valence electrons. The van der Waals surface area contributed by atoms with E-state index in [1.807, 2.05) is 0 Å². The molecule has 6 nitrogen and oxygen atoms in total. The second kappa shape index (κ2) is 7.48. The molecule has 0 spiro atoms. The minimum Gasteiger partial charge on any atom is -0.459 e. The van der Waals surface area contributed by atoms with Crippen molar-refractivity contribution in [2.75, 3.05) is 13.1 Å². The fourth-order valence-electron chi connectivity index (χ4n) is 2.20. The van der Waals surface area contributed by atoms with E-state index in [9.17, 15) is 14.0 Å². The van der Waals surface area contributed by atoms with E-state index < -0.39 is 11.7 Å². The Labute approximate surface area is 142 Å². The molecule has 2 amide bonds. The van der Waals surface area contributed by atoms with Crippen molar-refractivity contribution in [2.45, 2.75) is 0 Å². The number of benzene rings is 1. The molecule has 3 rings (SSSR count). The Hall–Kier alpha value is -3.35. The summed E-state index contributed by atoms with van der Waals surface area (Å²) in [5, 5.41) is 5.21. The minimum absolute atomic E-state index is 0.0654. The van der Waals surface area contributed by atoms with Crippen LogP contribution in [0, 0.1) is 5.82 Å². The molecular weight excluding hydrogens is 327 g/mol. The zero-order valence-electron chi connectivity index (χ0n) is 13.1. The van der Waals surface area contributed by atoms with Gasteiger partial charge in [-0.15, -0.1) is 0 Å². The Bertz CT molecular complexity index is 871. The van der Waals surface area contributed by atoms with E-state index in [1.165, 1.54) is 24.5 Å². The molecule has 2 N–H and O–H groups in total. The summed E-state index contributed by atoms with van der Waals surface area (Å²) in [5.74, 6) is -0.699. The van der Waals surface area contributed by atoms with Crippen LogP contribution in [0.3, 0.4) is 0 Å². The van der Waals surface area contributed by atoms with E-state index in [4.69, 9.17) is 8.83 Å². The largest absolute Gasteiger partial charge is 0.459 e. The van der Waals surface area contributed by atoms with E-state index in [0.29, 0.717) is 0 Å². The maximum atomic E-state index is 13.7. The lowest BCUT2D eigenvalue weighted by Gasteiger charge is -2.04. The summed E-state index contributed by atoms with van der Waals surface area (Å²) in [6.45, 7) is 0.438. The third kappa shape index (κ3) is 3.95. The van der Waals surface area contributed by atoms with Gasteiger partial charge in [0.15, 0.2) is 11.5 Å². The van der Waals surface area contributed by atoms with Crippen LogP contribution in [0.25, 0.3) is 11.3 Å². The predicted octanol–water partition coefficient (Wildman–Crippen LogP) is 2.84. The number of carbonyl (C=O) groups excluding carboxylic acids is 2. The number of hydrogen-bond donors (Lipinski definition) is 2. The van der Waals surface area contributed by atoms with Crippen LogP contribution in [0.15, 0.2) is 63.6 Å². The van der Waals surface area contributed by atoms with E-state index in [0.717, 1.165) is 0 Å². The first-order valence-electron chi connectivity index (χ1n) is 7.60. The first kappa shape index (κ1) is 16.5. The topological polar surface area (TPSA) is 84.5 Å². The zero-order chi connectivity index (χ0) is 17.6. The van der Waals surface area contributed by atoms with Gasteiger partial charge in [0.05, 0.1) is 11.8 Å². The molecular formula is C18H15FN2O4. The van der Waals surface area contributed by atoms with Gasteiger partial charge >= 0.3 is 0 Å². The number of nitrogens with one attached hydrogen (secondary N) is 2. The highest BCUT2D eigenvalue weighted by Gasteiger charge is 2.14. The number of amides is 2. The second-order valence-electron chi connectivity index (χ2n) is 5.13. The van der Waals surface area contributed by atoms with Crippen molar-refractivity contribution in [3.63, 3.8) is 0 Å². The number of rotatable bonds is 6. The van der Waals surface area contributed by atoms with Crippen LogP contribution in [0.4, 0.5) is 4.39 Å². The Morgan fingerprint density at radius 1 is 0.880 bits per heavy atom. The van der Waals surface area contributed by atoms with Gasteiger partial charge in [0.1, 0.15) is 11.6 Å². The number of furan rings is 2. The van der Waals surface area contributed by atoms with Gasteiger partial charge in [-0.1, -0.05) is 12.1 Å². The maximum Gasteiger partial charge on any atom is 0.287 e. The molecule has 25 heavy (non-hydrogen) atoms. The standard InChI is InChI=1S/C18H15FN2O4/c19-13-5-2-1-4-12(13)14-7-8-16(25-14)18(23)21-10-9-20-17(22)15-6-3-11-24-15/h1-8,11H,9-10H2,(H,20,22)(H,21,23). The van der Waals surface area contributed by atoms with Gasteiger partial charge in [-0.25, -0.2) is 4.39 Å². The molecule has 0 saturated heterocycles. The first-order valence-corrected chi connectivity index (χ1v) is 7.60. The van der Waals surface area contributed by atoms with Crippen molar-refractivity contribution in [3.8, 4) is 11.3 Å². The average Bonchev–Trinajstić information content (AvgIpc) is 3.30. The van der Waals surface area contributed by atoms with Crippen LogP contribution in [0.1, 0.15) is 21.1 Å². The molecule has 0 radical (unpaired) electrons. The van der Waals surface area contributed by atoms with Crippen molar-refractivity contribution in [3.05, 3.63) is 72.1 Å². The Balaban J connectivity index is 1.51. The molecule has 0 aliphatic carbocycles. The third-order valence-corrected chi connectivity index (χ3v) is 3.41. The summed E-state index contributed by atoms with van der Waals surface area (Å²) < 4.78 is 24.1. The van der Waals surface area contributed by atoms with Crippen molar-refractivity contribution in [1.82, 2.24) is 10.6 Å². The molecule has 0 atom stereocenters. The summed E-state index contributed by atoms with van der Waals surface area (Å²) in [6.07, 6.45) is 1.40. The van der Waals surface area contributed by atoms with Crippen LogP contribution < -0.4 is 10.6 Å². The fourth-order valence-corrected chi connectivity index (χ4v) is 2.20. The lowest BCUT2D eigenvalue weighted by Crippen LogP contribution is -2.34. The molecule has 7 heteroatoms. The van der Waals surface area contributed by atoms with Gasteiger partial charge < -0.3 is 19.5 Å². The maximum absolute atomic E-state index is 13.7. The Morgan fingerprint density at radius 2 is 1.60 bits per heavy atom. The molecule has 2 aromatic heterocycles. The molecule has 0 aliphatic heterocycles. The highest BCUT2D eigenvalue weighted by Crippen LogP contribution is 2.24. The lowest BCUT2D eigenvalue weighted by atomic mass is 10.1. The minimum atomic E-state index is -0.449. The van der Waals surface area contributed by atoms with E-state index in [1.54, 1.807) is 30.3 Å².